The second-order valence-electron chi connectivity index (χ2n) is 10.4. The van der Waals surface area contributed by atoms with Crippen molar-refractivity contribution in [1.29, 1.82) is 0 Å². The third-order valence-corrected chi connectivity index (χ3v) is 8.42. The molecule has 0 saturated carbocycles. The van der Waals surface area contributed by atoms with Crippen LogP contribution in [-0.4, -0.2) is 50.0 Å². The van der Waals surface area contributed by atoms with Crippen molar-refractivity contribution >= 4 is 39.1 Å². The number of sulfonamides is 1. The summed E-state index contributed by atoms with van der Waals surface area (Å²) in [6.07, 6.45) is 2.63. The van der Waals surface area contributed by atoms with Gasteiger partial charge >= 0.3 is 0 Å². The highest BCUT2D eigenvalue weighted by molar-refractivity contribution is 7.92. The Labute approximate surface area is 249 Å². The van der Waals surface area contributed by atoms with E-state index in [-0.39, 0.29) is 43.8 Å². The molecule has 0 bridgehead atoms. The number of rotatable bonds is 14. The van der Waals surface area contributed by atoms with Crippen LogP contribution in [0.3, 0.4) is 0 Å². The molecule has 3 aromatic rings. The molecule has 0 saturated heterocycles. The summed E-state index contributed by atoms with van der Waals surface area (Å²) in [7, 11) is -3.59. The summed E-state index contributed by atoms with van der Waals surface area (Å²) >= 11 is 5.99. The molecule has 2 atom stereocenters. The highest BCUT2D eigenvalue weighted by Gasteiger charge is 2.31. The van der Waals surface area contributed by atoms with E-state index >= 15 is 0 Å². The fourth-order valence-electron chi connectivity index (χ4n) is 4.61. The van der Waals surface area contributed by atoms with Gasteiger partial charge in [0.25, 0.3) is 0 Å². The smallest absolute Gasteiger partial charge is 0.243 e. The molecular formula is C32H40ClN3O4S. The van der Waals surface area contributed by atoms with Crippen molar-refractivity contribution in [2.75, 3.05) is 17.1 Å². The van der Waals surface area contributed by atoms with Gasteiger partial charge in [0.05, 0.1) is 11.9 Å². The lowest BCUT2D eigenvalue weighted by Gasteiger charge is -2.33. The highest BCUT2D eigenvalue weighted by atomic mass is 35.5. The van der Waals surface area contributed by atoms with Crippen molar-refractivity contribution in [3.8, 4) is 0 Å². The Morgan fingerprint density at radius 3 is 2.22 bits per heavy atom. The zero-order chi connectivity index (χ0) is 30.0. The molecule has 0 fully saturated rings. The van der Waals surface area contributed by atoms with Crippen LogP contribution in [0.4, 0.5) is 5.69 Å². The van der Waals surface area contributed by atoms with Crippen LogP contribution in [0.25, 0.3) is 0 Å². The molecular weight excluding hydrogens is 558 g/mol. The average Bonchev–Trinajstić information content (AvgIpc) is 2.93. The van der Waals surface area contributed by atoms with E-state index in [0.29, 0.717) is 17.1 Å². The van der Waals surface area contributed by atoms with E-state index in [1.54, 1.807) is 29.2 Å². The molecule has 0 spiro atoms. The van der Waals surface area contributed by atoms with E-state index in [0.717, 1.165) is 29.4 Å². The summed E-state index contributed by atoms with van der Waals surface area (Å²) in [5, 5.41) is 3.58. The standard InChI is InChI=1S/C32H40ClN3O4S/c1-5-25(3)34-32(38)30(22-26-12-7-6-8-13-26)35(23-27-14-9-11-24(2)21-27)31(37)15-10-20-36(41(4,39)40)29-18-16-28(33)17-19-29/h6-9,11-14,16-19,21,25,30H,5,10,15,20,22-23H2,1-4H3,(H,34,38)/t25-,30+/m0/s1. The first-order chi connectivity index (χ1) is 19.5. The first kappa shape index (κ1) is 32.2. The van der Waals surface area contributed by atoms with Gasteiger partial charge < -0.3 is 10.2 Å². The maximum Gasteiger partial charge on any atom is 0.243 e. The number of carbonyl (C=O) groups is 2. The summed E-state index contributed by atoms with van der Waals surface area (Å²) in [4.78, 5) is 29.2. The largest absolute Gasteiger partial charge is 0.352 e. The first-order valence-corrected chi connectivity index (χ1v) is 16.1. The lowest BCUT2D eigenvalue weighted by molar-refractivity contribution is -0.141. The molecule has 0 aliphatic rings. The number of anilines is 1. The highest BCUT2D eigenvalue weighted by Crippen LogP contribution is 2.22. The third-order valence-electron chi connectivity index (χ3n) is 6.97. The number of hydrogen-bond acceptors (Lipinski definition) is 4. The molecule has 0 aromatic heterocycles. The Morgan fingerprint density at radius 1 is 0.951 bits per heavy atom. The van der Waals surface area contributed by atoms with Gasteiger partial charge in [0.1, 0.15) is 6.04 Å². The van der Waals surface area contributed by atoms with Crippen molar-refractivity contribution in [2.45, 2.75) is 65.1 Å². The fourth-order valence-corrected chi connectivity index (χ4v) is 5.70. The predicted octanol–water partition coefficient (Wildman–Crippen LogP) is 5.75. The minimum absolute atomic E-state index is 0.0422. The molecule has 1 N–H and O–H groups in total. The summed E-state index contributed by atoms with van der Waals surface area (Å²) in [6.45, 7) is 6.32. The van der Waals surface area contributed by atoms with Crippen LogP contribution < -0.4 is 9.62 Å². The van der Waals surface area contributed by atoms with Gasteiger partial charge in [0.15, 0.2) is 0 Å². The number of halogens is 1. The zero-order valence-corrected chi connectivity index (χ0v) is 25.8. The fraction of sp³-hybridized carbons (Fsp3) is 0.375. The molecule has 3 aromatic carbocycles. The van der Waals surface area contributed by atoms with Gasteiger partial charge in [0, 0.05) is 37.0 Å². The molecule has 0 heterocycles. The number of aryl methyl sites for hydroxylation is 1. The third kappa shape index (κ3) is 9.90. The lowest BCUT2D eigenvalue weighted by Crippen LogP contribution is -2.52. The minimum Gasteiger partial charge on any atom is -0.352 e. The van der Waals surface area contributed by atoms with E-state index in [2.05, 4.69) is 5.32 Å². The van der Waals surface area contributed by atoms with Crippen LogP contribution in [0, 0.1) is 6.92 Å². The first-order valence-electron chi connectivity index (χ1n) is 13.9. The summed E-state index contributed by atoms with van der Waals surface area (Å²) in [6, 6.07) is 23.3. The number of amides is 2. The Balaban J connectivity index is 1.89. The maximum atomic E-state index is 13.9. The molecule has 0 unspecified atom stereocenters. The molecule has 0 aliphatic heterocycles. The SMILES string of the molecule is CC[C@H](C)NC(=O)[C@@H](Cc1ccccc1)N(Cc1cccc(C)c1)C(=O)CCCN(c1ccc(Cl)cc1)S(C)(=O)=O. The van der Waals surface area contributed by atoms with E-state index in [9.17, 15) is 18.0 Å². The van der Waals surface area contributed by atoms with Crippen molar-refractivity contribution in [1.82, 2.24) is 10.2 Å². The summed E-state index contributed by atoms with van der Waals surface area (Å²) < 4.78 is 26.4. The zero-order valence-electron chi connectivity index (χ0n) is 24.2. The second-order valence-corrected chi connectivity index (χ2v) is 12.8. The van der Waals surface area contributed by atoms with Gasteiger partial charge in [-0.2, -0.15) is 0 Å². The Morgan fingerprint density at radius 2 is 1.61 bits per heavy atom. The van der Waals surface area contributed by atoms with Gasteiger partial charge in [-0.3, -0.25) is 13.9 Å². The van der Waals surface area contributed by atoms with Crippen molar-refractivity contribution < 1.29 is 18.0 Å². The predicted molar refractivity (Wildman–Crippen MR) is 166 cm³/mol. The van der Waals surface area contributed by atoms with Gasteiger partial charge in [-0.05, 0) is 62.1 Å². The van der Waals surface area contributed by atoms with E-state index in [4.69, 9.17) is 11.6 Å². The average molecular weight is 598 g/mol. The molecule has 0 radical (unpaired) electrons. The molecule has 220 valence electrons. The van der Waals surface area contributed by atoms with Crippen LogP contribution >= 0.6 is 11.6 Å². The number of benzene rings is 3. The number of carbonyl (C=O) groups excluding carboxylic acids is 2. The second kappa shape index (κ2) is 15.0. The molecule has 0 aliphatic carbocycles. The number of nitrogens with zero attached hydrogens (tertiary/aromatic N) is 2. The Bertz CT molecular complexity index is 1400. The van der Waals surface area contributed by atoms with Gasteiger partial charge in [-0.15, -0.1) is 0 Å². The summed E-state index contributed by atoms with van der Waals surface area (Å²) in [5.74, 6) is -0.417. The van der Waals surface area contributed by atoms with Crippen LogP contribution in [-0.2, 0) is 32.6 Å². The maximum absolute atomic E-state index is 13.9. The van der Waals surface area contributed by atoms with Gasteiger partial charge in [-0.1, -0.05) is 78.7 Å². The number of nitrogens with one attached hydrogen (secondary N) is 1. The quantitative estimate of drug-likeness (QED) is 0.256. The molecule has 3 rings (SSSR count). The van der Waals surface area contributed by atoms with Gasteiger partial charge in [0.2, 0.25) is 21.8 Å². The minimum atomic E-state index is -3.59. The van der Waals surface area contributed by atoms with Crippen LogP contribution in [0.15, 0.2) is 78.9 Å². The Kier molecular flexibility index (Phi) is 11.8. The molecule has 41 heavy (non-hydrogen) atoms. The summed E-state index contributed by atoms with van der Waals surface area (Å²) in [5.41, 5.74) is 3.41. The van der Waals surface area contributed by atoms with E-state index in [1.165, 1.54) is 4.31 Å². The van der Waals surface area contributed by atoms with E-state index < -0.39 is 16.1 Å². The molecule has 9 heteroatoms. The molecule has 7 nitrogen and oxygen atoms in total. The number of hydrogen-bond donors (Lipinski definition) is 1. The van der Waals surface area contributed by atoms with Crippen molar-refractivity contribution in [3.63, 3.8) is 0 Å². The van der Waals surface area contributed by atoms with Gasteiger partial charge in [-0.25, -0.2) is 8.42 Å². The van der Waals surface area contributed by atoms with Crippen molar-refractivity contribution in [3.05, 3.63) is 101 Å². The Hall–Kier alpha value is -3.36. The van der Waals surface area contributed by atoms with Crippen LogP contribution in [0.5, 0.6) is 0 Å². The normalized spacial score (nSPS) is 12.8. The monoisotopic (exact) mass is 597 g/mol. The lowest BCUT2D eigenvalue weighted by atomic mass is 10.0. The van der Waals surface area contributed by atoms with Crippen LogP contribution in [0.1, 0.15) is 49.8 Å². The topological polar surface area (TPSA) is 86.8 Å². The van der Waals surface area contributed by atoms with E-state index in [1.807, 2.05) is 75.4 Å². The van der Waals surface area contributed by atoms with Crippen molar-refractivity contribution in [2.24, 2.45) is 0 Å². The van der Waals surface area contributed by atoms with Crippen LogP contribution in [0.2, 0.25) is 5.02 Å². The molecule has 2 amide bonds.